The smallest absolute Gasteiger partial charge is 0.0197 e. The van der Waals surface area contributed by atoms with Gasteiger partial charge in [-0.3, -0.25) is 0 Å². The second-order valence-corrected chi connectivity index (χ2v) is 4.24. The molecule has 0 spiro atoms. The molecular weight excluding hydrogens is 104 g/mol. The lowest BCUT2D eigenvalue weighted by molar-refractivity contribution is 0.734. The van der Waals surface area contributed by atoms with Gasteiger partial charge in [-0.25, -0.2) is 0 Å². The molecule has 0 amide bonds. The second kappa shape index (κ2) is 4.34. The fraction of sp³-hybridized carbons (Fsp3) is 1.00. The van der Waals surface area contributed by atoms with Gasteiger partial charge in [-0.1, -0.05) is 31.4 Å². The summed E-state index contributed by atoms with van der Waals surface area (Å²) in [5.74, 6) is 0. The maximum absolute atomic E-state index is 1.64. The van der Waals surface area contributed by atoms with E-state index in [2.05, 4.69) is 0 Å². The Kier molecular flexibility index (Phi) is 4.45. The molecule has 1 rings (SSSR count). The van der Waals surface area contributed by atoms with Crippen LogP contribution in [0, 0.1) is 0 Å². The first-order chi connectivity index (χ1) is 3.00. The Labute approximate surface area is 47.2 Å². The maximum Gasteiger partial charge on any atom is 0.0197 e. The summed E-state index contributed by atoms with van der Waals surface area (Å²) in [6.45, 7) is 0. The molecule has 0 aromatic heterocycles. The first-order valence-corrected chi connectivity index (χ1v) is 5.00. The van der Waals surface area contributed by atoms with Gasteiger partial charge in [0.2, 0.25) is 0 Å². The molecule has 2 N–H and O–H groups in total. The Bertz CT molecular complexity index is 23.6. The van der Waals surface area contributed by atoms with E-state index in [1.54, 1.807) is 24.9 Å². The Balaban J connectivity index is 0.000000360. The van der Waals surface area contributed by atoms with Gasteiger partial charge in [0.15, 0.2) is 0 Å². The maximum atomic E-state index is 1.64. The molecule has 0 atom stereocenters. The highest BCUT2D eigenvalue weighted by Gasteiger charge is 1.96. The van der Waals surface area contributed by atoms with Gasteiger partial charge >= 0.3 is 0 Å². The number of rotatable bonds is 0. The summed E-state index contributed by atoms with van der Waals surface area (Å²) in [4.78, 5) is 0. The SMILES string of the molecule is C1CC[SiH2]CC1.O. The number of hydrogen-bond acceptors (Lipinski definition) is 0. The van der Waals surface area contributed by atoms with Crippen molar-refractivity contribution in [3.8, 4) is 0 Å². The van der Waals surface area contributed by atoms with Gasteiger partial charge in [-0.2, -0.15) is 0 Å². The zero-order valence-corrected chi connectivity index (χ0v) is 6.16. The summed E-state index contributed by atoms with van der Waals surface area (Å²) in [5, 5.41) is 0. The highest BCUT2D eigenvalue weighted by molar-refractivity contribution is 6.35. The van der Waals surface area contributed by atoms with Crippen molar-refractivity contribution in [2.75, 3.05) is 0 Å². The van der Waals surface area contributed by atoms with Crippen molar-refractivity contribution in [2.24, 2.45) is 0 Å². The van der Waals surface area contributed by atoms with Crippen molar-refractivity contribution in [2.45, 2.75) is 31.4 Å². The van der Waals surface area contributed by atoms with E-state index in [-0.39, 0.29) is 5.48 Å². The van der Waals surface area contributed by atoms with Crippen molar-refractivity contribution in [3.05, 3.63) is 0 Å². The Morgan fingerprint density at radius 3 is 1.57 bits per heavy atom. The van der Waals surface area contributed by atoms with Crippen molar-refractivity contribution in [3.63, 3.8) is 0 Å². The standard InChI is InChI=1S/C5H12Si.H2O/c1-2-4-6-5-3-1;/h1-6H2;1H2. The lowest BCUT2D eigenvalue weighted by atomic mass is 10.3. The topological polar surface area (TPSA) is 31.5 Å². The van der Waals surface area contributed by atoms with E-state index < -0.39 is 0 Å². The van der Waals surface area contributed by atoms with Gasteiger partial charge in [0.05, 0.1) is 0 Å². The molecule has 1 nitrogen and oxygen atoms in total. The average Bonchev–Trinajstić information content (AvgIpc) is 1.72. The zero-order chi connectivity index (χ0) is 4.24. The summed E-state index contributed by atoms with van der Waals surface area (Å²) >= 11 is 0. The molecule has 1 aliphatic rings. The minimum atomic E-state index is 0. The quantitative estimate of drug-likeness (QED) is 0.411. The van der Waals surface area contributed by atoms with Crippen molar-refractivity contribution in [1.29, 1.82) is 0 Å². The summed E-state index contributed by atoms with van der Waals surface area (Å²) in [6, 6.07) is 3.28. The van der Waals surface area contributed by atoms with E-state index in [1.165, 1.54) is 6.42 Å². The third-order valence-corrected chi connectivity index (χ3v) is 3.50. The summed E-state index contributed by atoms with van der Waals surface area (Å²) in [7, 11) is 0.508. The van der Waals surface area contributed by atoms with E-state index >= 15 is 0 Å². The largest absolute Gasteiger partial charge is 0.412 e. The molecule has 1 fully saturated rings. The highest BCUT2D eigenvalue weighted by atomic mass is 28.2. The fourth-order valence-corrected chi connectivity index (χ4v) is 2.83. The van der Waals surface area contributed by atoms with Gasteiger partial charge in [0, 0.05) is 9.52 Å². The highest BCUT2D eigenvalue weighted by Crippen LogP contribution is 2.10. The Morgan fingerprint density at radius 1 is 0.857 bits per heavy atom. The van der Waals surface area contributed by atoms with Crippen LogP contribution in [-0.4, -0.2) is 15.0 Å². The minimum absolute atomic E-state index is 0. The molecule has 44 valence electrons. The third-order valence-electron chi connectivity index (χ3n) is 1.50. The second-order valence-electron chi connectivity index (χ2n) is 2.12. The van der Waals surface area contributed by atoms with Crippen LogP contribution in [0.25, 0.3) is 0 Å². The predicted octanol–water partition coefficient (Wildman–Crippen LogP) is 0.351. The average molecular weight is 118 g/mol. The monoisotopic (exact) mass is 118 g/mol. The van der Waals surface area contributed by atoms with E-state index in [4.69, 9.17) is 0 Å². The van der Waals surface area contributed by atoms with E-state index in [1.807, 2.05) is 0 Å². The van der Waals surface area contributed by atoms with Gasteiger partial charge in [-0.05, 0) is 0 Å². The molecule has 1 heterocycles. The van der Waals surface area contributed by atoms with Crippen LogP contribution in [0.1, 0.15) is 19.3 Å². The van der Waals surface area contributed by atoms with Crippen LogP contribution in [0.15, 0.2) is 0 Å². The molecule has 0 aliphatic carbocycles. The van der Waals surface area contributed by atoms with Crippen LogP contribution in [0.5, 0.6) is 0 Å². The van der Waals surface area contributed by atoms with Crippen LogP contribution in [0.2, 0.25) is 12.1 Å². The summed E-state index contributed by atoms with van der Waals surface area (Å²) in [5.41, 5.74) is 0. The molecule has 7 heavy (non-hydrogen) atoms. The summed E-state index contributed by atoms with van der Waals surface area (Å²) < 4.78 is 0. The molecular formula is C5H14OSi. The van der Waals surface area contributed by atoms with Crippen LogP contribution in [0.3, 0.4) is 0 Å². The first-order valence-electron chi connectivity index (χ1n) is 3.00. The van der Waals surface area contributed by atoms with Crippen LogP contribution in [-0.2, 0) is 0 Å². The van der Waals surface area contributed by atoms with Gasteiger partial charge in [-0.15, -0.1) is 0 Å². The van der Waals surface area contributed by atoms with Crippen molar-refractivity contribution in [1.82, 2.24) is 0 Å². The normalized spacial score (nSPS) is 20.6. The summed E-state index contributed by atoms with van der Waals surface area (Å²) in [6.07, 6.45) is 4.66. The predicted molar refractivity (Wildman–Crippen MR) is 35.6 cm³/mol. The van der Waals surface area contributed by atoms with Gasteiger partial charge in [0.1, 0.15) is 0 Å². The fourth-order valence-electron chi connectivity index (χ4n) is 1.06. The lowest BCUT2D eigenvalue weighted by Crippen LogP contribution is -1.94. The molecule has 2 heteroatoms. The van der Waals surface area contributed by atoms with Crippen LogP contribution >= 0.6 is 0 Å². The van der Waals surface area contributed by atoms with Gasteiger partial charge in [0.25, 0.3) is 0 Å². The van der Waals surface area contributed by atoms with Gasteiger partial charge < -0.3 is 5.48 Å². The lowest BCUT2D eigenvalue weighted by Gasteiger charge is -2.04. The molecule has 0 aromatic carbocycles. The molecule has 0 bridgehead atoms. The third kappa shape index (κ3) is 2.82. The molecule has 0 saturated carbocycles. The molecule has 1 saturated heterocycles. The molecule has 0 aromatic rings. The Hall–Kier alpha value is 0.177. The number of hydrogen-bond donors (Lipinski definition) is 0. The molecule has 1 aliphatic heterocycles. The molecule has 0 unspecified atom stereocenters. The van der Waals surface area contributed by atoms with Crippen LogP contribution < -0.4 is 0 Å². The minimum Gasteiger partial charge on any atom is -0.412 e. The first kappa shape index (κ1) is 7.18. The van der Waals surface area contributed by atoms with E-state index in [9.17, 15) is 0 Å². The van der Waals surface area contributed by atoms with Crippen molar-refractivity contribution >= 4 is 9.52 Å². The Morgan fingerprint density at radius 2 is 1.43 bits per heavy atom. The van der Waals surface area contributed by atoms with Crippen molar-refractivity contribution < 1.29 is 5.48 Å². The van der Waals surface area contributed by atoms with E-state index in [0.29, 0.717) is 9.52 Å². The zero-order valence-electron chi connectivity index (χ0n) is 4.74. The molecule has 0 radical (unpaired) electrons. The van der Waals surface area contributed by atoms with Crippen LogP contribution in [0.4, 0.5) is 0 Å². The van der Waals surface area contributed by atoms with E-state index in [0.717, 1.165) is 0 Å².